The van der Waals surface area contributed by atoms with Gasteiger partial charge in [-0.2, -0.15) is 0 Å². The van der Waals surface area contributed by atoms with Gasteiger partial charge in [-0.15, -0.1) is 0 Å². The second-order valence-corrected chi connectivity index (χ2v) is 5.71. The molecule has 5 nitrogen and oxygen atoms in total. The van der Waals surface area contributed by atoms with Crippen LogP contribution in [0.3, 0.4) is 0 Å². The molecule has 1 fully saturated rings. The number of hydrogen-bond acceptors (Lipinski definition) is 4. The summed E-state index contributed by atoms with van der Waals surface area (Å²) in [7, 11) is 3.99. The van der Waals surface area contributed by atoms with Crippen molar-refractivity contribution in [2.45, 2.75) is 44.9 Å². The van der Waals surface area contributed by atoms with Crippen molar-refractivity contribution in [3.8, 4) is 0 Å². The fraction of sp³-hybridized carbons (Fsp3) is 0.923. The first-order valence-electron chi connectivity index (χ1n) is 6.75. The van der Waals surface area contributed by atoms with Gasteiger partial charge in [0.25, 0.3) is 0 Å². The van der Waals surface area contributed by atoms with Crippen LogP contribution in [0.5, 0.6) is 0 Å². The molecule has 1 saturated heterocycles. The number of carbonyl (C=O) groups is 1. The van der Waals surface area contributed by atoms with Crippen molar-refractivity contribution in [1.82, 2.24) is 15.1 Å². The van der Waals surface area contributed by atoms with Crippen LogP contribution in [0.2, 0.25) is 0 Å². The fourth-order valence-corrected chi connectivity index (χ4v) is 2.40. The van der Waals surface area contributed by atoms with Crippen molar-refractivity contribution in [3.63, 3.8) is 0 Å². The Morgan fingerprint density at radius 2 is 2.17 bits per heavy atom. The van der Waals surface area contributed by atoms with Crippen molar-refractivity contribution in [2.75, 3.05) is 33.7 Å². The molecule has 0 aromatic heterocycles. The molecule has 1 amide bonds. The molecule has 1 heterocycles. The Balaban J connectivity index is 2.43. The molecular formula is C13H27N3O2. The largest absolute Gasteiger partial charge is 0.391 e. The number of nitrogens with one attached hydrogen (secondary N) is 1. The molecule has 1 aliphatic rings. The van der Waals surface area contributed by atoms with E-state index in [1.165, 1.54) is 0 Å². The smallest absolute Gasteiger partial charge is 0.224 e. The summed E-state index contributed by atoms with van der Waals surface area (Å²) in [5, 5.41) is 13.0. The molecule has 106 valence electrons. The maximum atomic E-state index is 12.1. The zero-order valence-electron chi connectivity index (χ0n) is 12.0. The predicted octanol–water partition coefficient (Wildman–Crippen LogP) is -0.102. The summed E-state index contributed by atoms with van der Waals surface area (Å²) in [5.74, 6) is 0.145. The van der Waals surface area contributed by atoms with Crippen LogP contribution in [0.1, 0.15) is 26.7 Å². The highest BCUT2D eigenvalue weighted by atomic mass is 16.3. The highest BCUT2D eigenvalue weighted by molar-refractivity contribution is 5.77. The summed E-state index contributed by atoms with van der Waals surface area (Å²) in [6, 6.07) is 0.557. The van der Waals surface area contributed by atoms with E-state index < -0.39 is 0 Å². The van der Waals surface area contributed by atoms with E-state index in [-0.39, 0.29) is 18.1 Å². The third kappa shape index (κ3) is 4.92. The minimum absolute atomic E-state index is 0.145. The second kappa shape index (κ2) is 7.07. The number of amides is 1. The van der Waals surface area contributed by atoms with E-state index in [9.17, 15) is 9.90 Å². The van der Waals surface area contributed by atoms with Crippen LogP contribution in [0, 0.1) is 0 Å². The zero-order valence-corrected chi connectivity index (χ0v) is 12.0. The molecule has 0 bridgehead atoms. The number of likely N-dealkylation sites (tertiary alicyclic amines) is 1. The lowest BCUT2D eigenvalue weighted by atomic mass is 10.2. The highest BCUT2D eigenvalue weighted by Gasteiger charge is 2.33. The minimum atomic E-state index is -0.364. The van der Waals surface area contributed by atoms with Crippen LogP contribution in [0.4, 0.5) is 0 Å². The topological polar surface area (TPSA) is 55.8 Å². The third-order valence-corrected chi connectivity index (χ3v) is 3.18. The highest BCUT2D eigenvalue weighted by Crippen LogP contribution is 2.19. The Labute approximate surface area is 110 Å². The molecular weight excluding hydrogens is 230 g/mol. The van der Waals surface area contributed by atoms with E-state index in [1.807, 2.05) is 19.0 Å². The Kier molecular flexibility index (Phi) is 6.05. The molecule has 0 saturated carbocycles. The van der Waals surface area contributed by atoms with Crippen LogP contribution in [-0.4, -0.2) is 72.7 Å². The quantitative estimate of drug-likeness (QED) is 0.697. The van der Waals surface area contributed by atoms with E-state index in [4.69, 9.17) is 0 Å². The monoisotopic (exact) mass is 257 g/mol. The maximum absolute atomic E-state index is 12.1. The first kappa shape index (κ1) is 15.4. The first-order chi connectivity index (χ1) is 8.40. The van der Waals surface area contributed by atoms with Gasteiger partial charge < -0.3 is 20.2 Å². The Hall–Kier alpha value is -0.650. The SMILES string of the molecule is CC(C)NCCC(=O)N1CC(O)CC1CN(C)C. The Morgan fingerprint density at radius 1 is 1.50 bits per heavy atom. The summed E-state index contributed by atoms with van der Waals surface area (Å²) >= 11 is 0. The summed E-state index contributed by atoms with van der Waals surface area (Å²) in [6.45, 7) is 6.15. The lowest BCUT2D eigenvalue weighted by Crippen LogP contribution is -2.42. The van der Waals surface area contributed by atoms with Crippen LogP contribution in [-0.2, 0) is 4.79 Å². The minimum Gasteiger partial charge on any atom is -0.391 e. The van der Waals surface area contributed by atoms with Crippen molar-refractivity contribution >= 4 is 5.91 Å². The average molecular weight is 257 g/mol. The van der Waals surface area contributed by atoms with Crippen LogP contribution < -0.4 is 5.32 Å². The van der Waals surface area contributed by atoms with Crippen molar-refractivity contribution in [1.29, 1.82) is 0 Å². The third-order valence-electron chi connectivity index (χ3n) is 3.18. The van der Waals surface area contributed by atoms with Gasteiger partial charge >= 0.3 is 0 Å². The molecule has 2 N–H and O–H groups in total. The van der Waals surface area contributed by atoms with E-state index in [0.29, 0.717) is 32.0 Å². The Bertz CT molecular complexity index is 269. The Morgan fingerprint density at radius 3 is 2.72 bits per heavy atom. The number of likely N-dealkylation sites (N-methyl/N-ethyl adjacent to an activating group) is 1. The number of aliphatic hydroxyl groups excluding tert-OH is 1. The molecule has 0 aromatic carbocycles. The lowest BCUT2D eigenvalue weighted by Gasteiger charge is -2.27. The molecule has 2 unspecified atom stereocenters. The number of nitrogens with zero attached hydrogens (tertiary/aromatic N) is 2. The van der Waals surface area contributed by atoms with Gasteiger partial charge in [-0.05, 0) is 20.5 Å². The number of hydrogen-bond donors (Lipinski definition) is 2. The molecule has 5 heteroatoms. The number of β-amino-alcohol motifs (C(OH)–C–C–N with tert-alkyl or cyclic N) is 1. The molecule has 1 aliphatic heterocycles. The summed E-state index contributed by atoms with van der Waals surface area (Å²) < 4.78 is 0. The predicted molar refractivity (Wildman–Crippen MR) is 72.4 cm³/mol. The summed E-state index contributed by atoms with van der Waals surface area (Å²) in [4.78, 5) is 16.0. The molecule has 18 heavy (non-hydrogen) atoms. The normalized spacial score (nSPS) is 24.3. The lowest BCUT2D eigenvalue weighted by molar-refractivity contribution is -0.132. The summed E-state index contributed by atoms with van der Waals surface area (Å²) in [6.07, 6.45) is 0.841. The van der Waals surface area contributed by atoms with Crippen LogP contribution in [0.15, 0.2) is 0 Å². The summed E-state index contributed by atoms with van der Waals surface area (Å²) in [5.41, 5.74) is 0. The van der Waals surface area contributed by atoms with Gasteiger partial charge in [0.05, 0.1) is 6.10 Å². The maximum Gasteiger partial charge on any atom is 0.224 e. The number of carbonyl (C=O) groups excluding carboxylic acids is 1. The van der Waals surface area contributed by atoms with E-state index in [0.717, 1.165) is 6.54 Å². The zero-order chi connectivity index (χ0) is 13.7. The van der Waals surface area contributed by atoms with Crippen LogP contribution in [0.25, 0.3) is 0 Å². The van der Waals surface area contributed by atoms with E-state index in [2.05, 4.69) is 24.1 Å². The molecule has 2 atom stereocenters. The van der Waals surface area contributed by atoms with Crippen molar-refractivity contribution < 1.29 is 9.90 Å². The van der Waals surface area contributed by atoms with Gasteiger partial charge in [0.1, 0.15) is 0 Å². The van der Waals surface area contributed by atoms with Gasteiger partial charge in [-0.1, -0.05) is 13.8 Å². The van der Waals surface area contributed by atoms with Crippen molar-refractivity contribution in [2.24, 2.45) is 0 Å². The molecule has 0 aliphatic carbocycles. The average Bonchev–Trinajstić information content (AvgIpc) is 2.57. The van der Waals surface area contributed by atoms with Gasteiger partial charge in [0, 0.05) is 38.1 Å². The first-order valence-corrected chi connectivity index (χ1v) is 6.75. The van der Waals surface area contributed by atoms with Gasteiger partial charge in [-0.25, -0.2) is 0 Å². The molecule has 0 radical (unpaired) electrons. The van der Waals surface area contributed by atoms with Crippen molar-refractivity contribution in [3.05, 3.63) is 0 Å². The molecule has 0 aromatic rings. The van der Waals surface area contributed by atoms with E-state index in [1.54, 1.807) is 0 Å². The standard InChI is InChI=1S/C13H27N3O2/c1-10(2)14-6-5-13(18)16-9-12(17)7-11(16)8-15(3)4/h10-12,14,17H,5-9H2,1-4H3. The van der Waals surface area contributed by atoms with Gasteiger partial charge in [0.15, 0.2) is 0 Å². The molecule has 0 spiro atoms. The number of rotatable bonds is 6. The number of aliphatic hydroxyl groups is 1. The van der Waals surface area contributed by atoms with Gasteiger partial charge in [-0.3, -0.25) is 4.79 Å². The van der Waals surface area contributed by atoms with Gasteiger partial charge in [0.2, 0.25) is 5.91 Å². The fourth-order valence-electron chi connectivity index (χ4n) is 2.40. The molecule has 1 rings (SSSR count). The van der Waals surface area contributed by atoms with Crippen LogP contribution >= 0.6 is 0 Å². The second-order valence-electron chi connectivity index (χ2n) is 5.71. The van der Waals surface area contributed by atoms with E-state index >= 15 is 0 Å².